The molecule has 0 radical (unpaired) electrons. The van der Waals surface area contributed by atoms with E-state index in [1.807, 2.05) is 16.9 Å². The van der Waals surface area contributed by atoms with Gasteiger partial charge in [-0.15, -0.1) is 0 Å². The molecule has 1 heterocycles. The van der Waals surface area contributed by atoms with E-state index in [9.17, 15) is 0 Å². The molecule has 1 aliphatic rings. The zero-order valence-electron chi connectivity index (χ0n) is 12.8. The molecule has 116 valence electrons. The maximum Gasteiger partial charge on any atom is 0.0644 e. The van der Waals surface area contributed by atoms with Crippen molar-refractivity contribution in [1.29, 1.82) is 0 Å². The van der Waals surface area contributed by atoms with Gasteiger partial charge in [-0.05, 0) is 24.8 Å². The number of aliphatic hydroxyl groups excluding tert-OH is 1. The molecule has 22 heavy (non-hydrogen) atoms. The molecule has 2 N–H and O–H groups in total. The first kappa shape index (κ1) is 15.0. The van der Waals surface area contributed by atoms with Crippen molar-refractivity contribution in [1.82, 2.24) is 15.1 Å². The molecule has 0 saturated carbocycles. The van der Waals surface area contributed by atoms with E-state index in [-0.39, 0.29) is 6.61 Å². The molecule has 0 saturated heterocycles. The second-order valence-corrected chi connectivity index (χ2v) is 5.66. The molecule has 0 bridgehead atoms. The quantitative estimate of drug-likeness (QED) is 0.861. The van der Waals surface area contributed by atoms with Crippen LogP contribution in [0.1, 0.15) is 35.7 Å². The fourth-order valence-electron chi connectivity index (χ4n) is 3.09. The summed E-state index contributed by atoms with van der Waals surface area (Å²) >= 11 is 0. The fourth-order valence-corrected chi connectivity index (χ4v) is 3.09. The molecular weight excluding hydrogens is 274 g/mol. The van der Waals surface area contributed by atoms with Crippen LogP contribution in [0.5, 0.6) is 0 Å². The summed E-state index contributed by atoms with van der Waals surface area (Å²) in [5.74, 6) is 0. The maximum absolute atomic E-state index is 9.10. The third kappa shape index (κ3) is 3.46. The van der Waals surface area contributed by atoms with Crippen molar-refractivity contribution < 1.29 is 5.11 Å². The standard InChI is InChI=1S/C18H23N3O/c22-13-12-21-18-10-4-9-17(16(18)14-20-21)19-11-5-8-15-6-2-1-3-7-15/h1-3,5-8,14,17,19,22H,4,9-13H2/b8-5+. The Kier molecular flexibility index (Phi) is 5.03. The van der Waals surface area contributed by atoms with Gasteiger partial charge in [0.05, 0.1) is 19.3 Å². The summed E-state index contributed by atoms with van der Waals surface area (Å²) in [6, 6.07) is 10.7. The lowest BCUT2D eigenvalue weighted by Crippen LogP contribution is -2.25. The average Bonchev–Trinajstić information content (AvgIpc) is 2.97. The number of nitrogens with one attached hydrogen (secondary N) is 1. The predicted octanol–water partition coefficient (Wildman–Crippen LogP) is 2.56. The number of nitrogens with zero attached hydrogens (tertiary/aromatic N) is 2. The van der Waals surface area contributed by atoms with Gasteiger partial charge in [-0.25, -0.2) is 0 Å². The van der Waals surface area contributed by atoms with E-state index < -0.39 is 0 Å². The first-order valence-corrected chi connectivity index (χ1v) is 7.99. The van der Waals surface area contributed by atoms with Crippen LogP contribution in [0, 0.1) is 0 Å². The molecule has 1 unspecified atom stereocenters. The summed E-state index contributed by atoms with van der Waals surface area (Å²) < 4.78 is 1.95. The Bertz CT molecular complexity index is 619. The van der Waals surface area contributed by atoms with Gasteiger partial charge in [0.1, 0.15) is 0 Å². The largest absolute Gasteiger partial charge is 0.394 e. The van der Waals surface area contributed by atoms with E-state index in [0.29, 0.717) is 12.6 Å². The molecule has 1 atom stereocenters. The lowest BCUT2D eigenvalue weighted by atomic mass is 9.93. The van der Waals surface area contributed by atoms with Crippen LogP contribution in [0.15, 0.2) is 42.6 Å². The van der Waals surface area contributed by atoms with E-state index in [2.05, 4.69) is 46.8 Å². The van der Waals surface area contributed by atoms with E-state index in [1.54, 1.807) is 0 Å². The summed E-state index contributed by atoms with van der Waals surface area (Å²) in [5.41, 5.74) is 3.81. The van der Waals surface area contributed by atoms with Gasteiger partial charge < -0.3 is 10.4 Å². The molecule has 4 heteroatoms. The number of fused-ring (bicyclic) bond motifs is 1. The van der Waals surface area contributed by atoms with Gasteiger partial charge in [0.25, 0.3) is 0 Å². The Balaban J connectivity index is 1.59. The molecule has 1 aromatic heterocycles. The van der Waals surface area contributed by atoms with Crippen molar-refractivity contribution in [2.75, 3.05) is 13.2 Å². The zero-order chi connectivity index (χ0) is 15.2. The van der Waals surface area contributed by atoms with Crippen molar-refractivity contribution in [3.8, 4) is 0 Å². The summed E-state index contributed by atoms with van der Waals surface area (Å²) in [7, 11) is 0. The SMILES string of the molecule is OCCn1ncc2c1CCCC2NC/C=C/c1ccccc1. The number of rotatable bonds is 6. The van der Waals surface area contributed by atoms with Crippen LogP contribution in [0.25, 0.3) is 6.08 Å². The molecular formula is C18H23N3O. The maximum atomic E-state index is 9.10. The lowest BCUT2D eigenvalue weighted by Gasteiger charge is -2.23. The van der Waals surface area contributed by atoms with E-state index >= 15 is 0 Å². The normalized spacial score (nSPS) is 17.8. The molecule has 1 aromatic carbocycles. The van der Waals surface area contributed by atoms with Crippen LogP contribution in [-0.4, -0.2) is 28.0 Å². The van der Waals surface area contributed by atoms with Crippen LogP contribution in [0.4, 0.5) is 0 Å². The predicted molar refractivity (Wildman–Crippen MR) is 88.5 cm³/mol. The summed E-state index contributed by atoms with van der Waals surface area (Å²) in [6.45, 7) is 1.59. The summed E-state index contributed by atoms with van der Waals surface area (Å²) in [6.07, 6.45) is 9.66. The minimum atomic E-state index is 0.145. The zero-order valence-corrected chi connectivity index (χ0v) is 12.8. The molecule has 2 aromatic rings. The van der Waals surface area contributed by atoms with Crippen LogP contribution in [-0.2, 0) is 13.0 Å². The van der Waals surface area contributed by atoms with Crippen molar-refractivity contribution in [2.45, 2.75) is 31.8 Å². The number of hydrogen-bond donors (Lipinski definition) is 2. The van der Waals surface area contributed by atoms with Gasteiger partial charge >= 0.3 is 0 Å². The molecule has 0 amide bonds. The minimum Gasteiger partial charge on any atom is -0.394 e. The highest BCUT2D eigenvalue weighted by atomic mass is 16.3. The molecule has 0 fully saturated rings. The molecule has 0 spiro atoms. The molecule has 4 nitrogen and oxygen atoms in total. The van der Waals surface area contributed by atoms with Gasteiger partial charge in [0, 0.05) is 23.8 Å². The fraction of sp³-hybridized carbons (Fsp3) is 0.389. The average molecular weight is 297 g/mol. The molecule has 1 aliphatic carbocycles. The lowest BCUT2D eigenvalue weighted by molar-refractivity contribution is 0.266. The van der Waals surface area contributed by atoms with Gasteiger partial charge in [-0.1, -0.05) is 42.5 Å². The van der Waals surface area contributed by atoms with E-state index in [1.165, 1.54) is 23.2 Å². The molecule has 0 aliphatic heterocycles. The smallest absolute Gasteiger partial charge is 0.0644 e. The Morgan fingerprint density at radius 3 is 3.00 bits per heavy atom. The van der Waals surface area contributed by atoms with Crippen molar-refractivity contribution >= 4 is 6.08 Å². The van der Waals surface area contributed by atoms with Crippen molar-refractivity contribution in [3.05, 3.63) is 59.4 Å². The van der Waals surface area contributed by atoms with E-state index in [0.717, 1.165) is 19.4 Å². The number of hydrogen-bond acceptors (Lipinski definition) is 3. The number of aromatic nitrogens is 2. The summed E-state index contributed by atoms with van der Waals surface area (Å²) in [5, 5.41) is 17.1. The topological polar surface area (TPSA) is 50.1 Å². The Labute approximate surface area is 131 Å². The number of benzene rings is 1. The van der Waals surface area contributed by atoms with Gasteiger partial charge in [0.2, 0.25) is 0 Å². The first-order valence-electron chi connectivity index (χ1n) is 7.99. The Morgan fingerprint density at radius 1 is 1.32 bits per heavy atom. The minimum absolute atomic E-state index is 0.145. The van der Waals surface area contributed by atoms with Gasteiger partial charge in [-0.2, -0.15) is 5.10 Å². The third-order valence-corrected chi connectivity index (χ3v) is 4.17. The Hall–Kier alpha value is -1.91. The van der Waals surface area contributed by atoms with Crippen LogP contribution in [0.2, 0.25) is 0 Å². The highest BCUT2D eigenvalue weighted by Gasteiger charge is 2.23. The number of aliphatic hydroxyl groups is 1. The highest BCUT2D eigenvalue weighted by Crippen LogP contribution is 2.29. The van der Waals surface area contributed by atoms with Crippen molar-refractivity contribution in [3.63, 3.8) is 0 Å². The monoisotopic (exact) mass is 297 g/mol. The van der Waals surface area contributed by atoms with E-state index in [4.69, 9.17) is 5.11 Å². The van der Waals surface area contributed by atoms with Crippen LogP contribution in [0.3, 0.4) is 0 Å². The van der Waals surface area contributed by atoms with Crippen molar-refractivity contribution in [2.24, 2.45) is 0 Å². The van der Waals surface area contributed by atoms with Gasteiger partial charge in [0.15, 0.2) is 0 Å². The third-order valence-electron chi connectivity index (χ3n) is 4.17. The summed E-state index contributed by atoms with van der Waals surface area (Å²) in [4.78, 5) is 0. The van der Waals surface area contributed by atoms with Crippen LogP contribution >= 0.6 is 0 Å². The van der Waals surface area contributed by atoms with Gasteiger partial charge in [-0.3, -0.25) is 4.68 Å². The second-order valence-electron chi connectivity index (χ2n) is 5.66. The molecule has 3 rings (SSSR count). The van der Waals surface area contributed by atoms with Crippen LogP contribution < -0.4 is 5.32 Å². The second kappa shape index (κ2) is 7.38. The highest BCUT2D eigenvalue weighted by molar-refractivity contribution is 5.48. The Morgan fingerprint density at radius 2 is 2.18 bits per heavy atom. The first-order chi connectivity index (χ1) is 10.9.